The molecular weight excluding hydrogens is 821 g/mol. The lowest BCUT2D eigenvalue weighted by atomic mass is 9.59. The lowest BCUT2D eigenvalue weighted by Gasteiger charge is -2.44. The van der Waals surface area contributed by atoms with Crippen molar-refractivity contribution in [3.63, 3.8) is 0 Å². The Hall–Kier alpha value is -4.34. The van der Waals surface area contributed by atoms with Crippen molar-refractivity contribution in [1.82, 2.24) is 0 Å². The first-order valence-electron chi connectivity index (χ1n) is 23.6. The average Bonchev–Trinajstić information content (AvgIpc) is 3.12. The van der Waals surface area contributed by atoms with Gasteiger partial charge in [-0.15, -0.1) is 0 Å². The van der Waals surface area contributed by atoms with E-state index in [0.717, 1.165) is 33.4 Å². The van der Waals surface area contributed by atoms with Crippen LogP contribution in [0.15, 0.2) is 12.1 Å². The minimum atomic E-state index is -1.27. The summed E-state index contributed by atoms with van der Waals surface area (Å²) in [5.74, 6) is -5.32. The number of esters is 2. The molecule has 4 rings (SSSR count). The number of ketones is 4. The molecule has 0 aliphatic heterocycles. The number of benzene rings is 2. The van der Waals surface area contributed by atoms with Gasteiger partial charge < -0.3 is 19.7 Å². The van der Waals surface area contributed by atoms with Gasteiger partial charge in [-0.05, 0) is 115 Å². The molecule has 0 bridgehead atoms. The van der Waals surface area contributed by atoms with Crippen LogP contribution in [0, 0.1) is 31.1 Å². The topological polar surface area (TPSA) is 161 Å². The molecule has 4 atom stereocenters. The number of phenolic OH excluding ortho intramolecular Hbond substituents is 2. The predicted octanol–water partition coefficient (Wildman–Crippen LogP) is 10.9. The minimum Gasteiger partial charge on any atom is -0.507 e. The second-order valence-corrected chi connectivity index (χ2v) is 24.3. The van der Waals surface area contributed by atoms with Crippen LogP contribution in [0.3, 0.4) is 0 Å². The number of aromatic hydroxyl groups is 2. The number of hydrogen-bond donors (Lipinski definition) is 2. The first-order chi connectivity index (χ1) is 29.3. The summed E-state index contributed by atoms with van der Waals surface area (Å²) in [4.78, 5) is 85.0. The van der Waals surface area contributed by atoms with Crippen LogP contribution >= 0.6 is 0 Å². The van der Waals surface area contributed by atoms with Crippen molar-refractivity contribution in [2.75, 3.05) is 0 Å². The highest BCUT2D eigenvalue weighted by Gasteiger charge is 2.55. The van der Waals surface area contributed by atoms with Crippen molar-refractivity contribution in [2.24, 2.45) is 17.3 Å². The van der Waals surface area contributed by atoms with Crippen molar-refractivity contribution >= 4 is 35.1 Å². The van der Waals surface area contributed by atoms with Gasteiger partial charge in [-0.25, -0.2) is 0 Å². The van der Waals surface area contributed by atoms with Gasteiger partial charge in [0, 0.05) is 36.8 Å². The standard InChI is InChI=1S/C55H80O10/c1-21-53(19,33-23-29(3)45(60)43(51(13,14)15)41(33)49(7,8)9)47(62)64-31(5)39-35(56)25-55(26-36(39)57)27-37(58)40(38(59)28-55)32(6)65-48(63)54(20,22-2)34-24-30(4)46(61)44(52(16,17)18)42(34)50(10,11)12/h23-24,31-32,39-40,60-61H,21-22,25-28H2,1-20H3. The number of carbonyl (C=O) groups is 6. The van der Waals surface area contributed by atoms with Crippen molar-refractivity contribution in [1.29, 1.82) is 0 Å². The molecule has 0 radical (unpaired) electrons. The molecular formula is C55H80O10. The maximum Gasteiger partial charge on any atom is 0.316 e. The Labute approximate surface area is 389 Å². The molecule has 360 valence electrons. The van der Waals surface area contributed by atoms with Gasteiger partial charge in [-0.3, -0.25) is 28.8 Å². The summed E-state index contributed by atoms with van der Waals surface area (Å²) in [6.07, 6.45) is -2.40. The van der Waals surface area contributed by atoms with E-state index >= 15 is 0 Å². The Kier molecular flexibility index (Phi) is 14.5. The number of aryl methyl sites for hydroxylation is 2. The zero-order valence-corrected chi connectivity index (χ0v) is 43.4. The molecule has 0 saturated heterocycles. The van der Waals surface area contributed by atoms with Crippen molar-refractivity contribution in [2.45, 2.75) is 222 Å². The first kappa shape index (κ1) is 53.3. The molecule has 10 nitrogen and oxygen atoms in total. The predicted molar refractivity (Wildman–Crippen MR) is 255 cm³/mol. The molecule has 0 heterocycles. The van der Waals surface area contributed by atoms with Gasteiger partial charge in [0.25, 0.3) is 0 Å². The van der Waals surface area contributed by atoms with E-state index in [-0.39, 0.29) is 37.2 Å². The van der Waals surface area contributed by atoms with Gasteiger partial charge in [0.1, 0.15) is 58.7 Å². The molecule has 4 unspecified atom stereocenters. The molecule has 2 aromatic rings. The number of phenols is 2. The summed E-state index contributed by atoms with van der Waals surface area (Å²) in [5.41, 5.74) is 0.405. The maximum absolute atomic E-state index is 14.4. The van der Waals surface area contributed by atoms with Crippen LogP contribution in [0.25, 0.3) is 0 Å². The third kappa shape index (κ3) is 9.88. The Morgan fingerprint density at radius 1 is 0.538 bits per heavy atom. The van der Waals surface area contributed by atoms with Crippen molar-refractivity contribution in [3.05, 3.63) is 56.6 Å². The third-order valence-electron chi connectivity index (χ3n) is 14.6. The van der Waals surface area contributed by atoms with Gasteiger partial charge >= 0.3 is 11.9 Å². The van der Waals surface area contributed by atoms with Crippen LogP contribution in [-0.2, 0) is 70.7 Å². The Bertz CT molecular complexity index is 2070. The molecule has 2 aliphatic carbocycles. The average molecular weight is 901 g/mol. The number of rotatable bonds is 10. The Morgan fingerprint density at radius 3 is 1.00 bits per heavy atom. The Balaban J connectivity index is 1.57. The van der Waals surface area contributed by atoms with E-state index in [1.165, 1.54) is 0 Å². The highest BCUT2D eigenvalue weighted by Crippen LogP contribution is 2.51. The molecule has 2 fully saturated rings. The first-order valence-corrected chi connectivity index (χ1v) is 23.6. The number of ether oxygens (including phenoxy) is 2. The lowest BCUT2D eigenvalue weighted by Crippen LogP contribution is -2.53. The molecule has 10 heteroatoms. The number of carbonyl (C=O) groups excluding carboxylic acids is 6. The molecule has 65 heavy (non-hydrogen) atoms. The summed E-state index contributed by atoms with van der Waals surface area (Å²) in [6, 6.07) is 3.69. The molecule has 0 aromatic heterocycles. The molecule has 2 N–H and O–H groups in total. The number of hydrogen-bond acceptors (Lipinski definition) is 10. The molecule has 2 aliphatic rings. The number of Topliss-reactive ketones (excluding diaryl/α,β-unsaturated/α-hetero) is 4. The van der Waals surface area contributed by atoms with Gasteiger partial charge in [0.2, 0.25) is 0 Å². The van der Waals surface area contributed by atoms with Crippen LogP contribution in [0.2, 0.25) is 0 Å². The quantitative estimate of drug-likeness (QED) is 0.173. The second kappa shape index (κ2) is 17.7. The largest absolute Gasteiger partial charge is 0.507 e. The summed E-state index contributed by atoms with van der Waals surface area (Å²) < 4.78 is 12.2. The van der Waals surface area contributed by atoms with Crippen LogP contribution in [-0.4, -0.2) is 57.5 Å². The fraction of sp³-hybridized carbons (Fsp3) is 0.673. The van der Waals surface area contributed by atoms with E-state index in [2.05, 4.69) is 0 Å². The highest BCUT2D eigenvalue weighted by atomic mass is 16.5. The maximum atomic E-state index is 14.4. The minimum absolute atomic E-state index is 0.185. The van der Waals surface area contributed by atoms with Crippen LogP contribution in [0.1, 0.15) is 208 Å². The monoisotopic (exact) mass is 901 g/mol. The van der Waals surface area contributed by atoms with E-state index in [4.69, 9.17) is 9.47 Å². The SMILES string of the molecule is CCC(C)(C(=O)OC(C)C1C(=O)CC2(CC1=O)CC(=O)C(C(C)OC(=O)C(C)(CC)c1cc(C)c(O)c(C(C)(C)C)c1C(C)(C)C)C(=O)C2)c1cc(C)c(O)c(C(C)(C)C)c1C(C)(C)C. The van der Waals surface area contributed by atoms with Gasteiger partial charge in [0.05, 0.1) is 10.8 Å². The third-order valence-corrected chi connectivity index (χ3v) is 14.6. The summed E-state index contributed by atoms with van der Waals surface area (Å²) in [6.45, 7) is 38.4. The normalized spacial score (nSPS) is 22.9. The summed E-state index contributed by atoms with van der Waals surface area (Å²) >= 11 is 0. The molecule has 1 spiro atoms. The van der Waals surface area contributed by atoms with E-state index in [1.807, 2.05) is 123 Å². The highest BCUT2D eigenvalue weighted by molar-refractivity contribution is 6.11. The summed E-state index contributed by atoms with van der Waals surface area (Å²) in [7, 11) is 0. The van der Waals surface area contributed by atoms with Crippen LogP contribution in [0.4, 0.5) is 0 Å². The van der Waals surface area contributed by atoms with Crippen LogP contribution in [0.5, 0.6) is 11.5 Å². The van der Waals surface area contributed by atoms with Crippen LogP contribution < -0.4 is 0 Å². The zero-order chi connectivity index (χ0) is 50.1. The van der Waals surface area contributed by atoms with E-state index in [1.54, 1.807) is 27.7 Å². The second-order valence-electron chi connectivity index (χ2n) is 24.3. The molecule has 2 saturated carbocycles. The fourth-order valence-corrected chi connectivity index (χ4v) is 10.8. The fourth-order valence-electron chi connectivity index (χ4n) is 10.8. The summed E-state index contributed by atoms with van der Waals surface area (Å²) in [5, 5.41) is 22.7. The molecule has 2 aromatic carbocycles. The van der Waals surface area contributed by atoms with Gasteiger partial charge in [-0.1, -0.05) is 109 Å². The zero-order valence-electron chi connectivity index (χ0n) is 43.4. The molecule has 0 amide bonds. The van der Waals surface area contributed by atoms with Gasteiger partial charge in [-0.2, -0.15) is 0 Å². The van der Waals surface area contributed by atoms with E-state index in [9.17, 15) is 39.0 Å². The smallest absolute Gasteiger partial charge is 0.316 e. The van der Waals surface area contributed by atoms with E-state index < -0.39 is 97.0 Å². The van der Waals surface area contributed by atoms with Crippen molar-refractivity contribution in [3.8, 4) is 11.5 Å². The lowest BCUT2D eigenvalue weighted by molar-refractivity contribution is -0.163. The Morgan fingerprint density at radius 2 is 0.785 bits per heavy atom. The van der Waals surface area contributed by atoms with Gasteiger partial charge in [0.15, 0.2) is 0 Å². The van der Waals surface area contributed by atoms with E-state index in [0.29, 0.717) is 24.0 Å². The van der Waals surface area contributed by atoms with Crippen molar-refractivity contribution < 1.29 is 48.5 Å².